The third-order valence-electron chi connectivity index (χ3n) is 3.45. The quantitative estimate of drug-likeness (QED) is 0.778. The molecular formula is C12H20ClN3O4S2. The van der Waals surface area contributed by atoms with Crippen molar-refractivity contribution in [2.75, 3.05) is 26.7 Å². The molecule has 0 amide bonds. The van der Waals surface area contributed by atoms with Crippen molar-refractivity contribution in [1.82, 2.24) is 14.3 Å². The van der Waals surface area contributed by atoms with Crippen LogP contribution in [0.25, 0.3) is 0 Å². The number of hydrogen-bond acceptors (Lipinski definition) is 5. The monoisotopic (exact) mass is 369 g/mol. The Hall–Kier alpha value is -0.710. The van der Waals surface area contributed by atoms with Crippen molar-refractivity contribution in [2.24, 2.45) is 0 Å². The maximum absolute atomic E-state index is 12.6. The minimum Gasteiger partial charge on any atom is -0.314 e. The Balaban J connectivity index is 0.00000242. The molecule has 1 atom stereocenters. The number of hydrogen-bond donors (Lipinski definition) is 2. The largest absolute Gasteiger partial charge is 0.314 e. The summed E-state index contributed by atoms with van der Waals surface area (Å²) in [5.74, 6) is 0. The maximum atomic E-state index is 12.6. The average Bonchev–Trinajstić information content (AvgIpc) is 2.47. The van der Waals surface area contributed by atoms with Gasteiger partial charge in [0.15, 0.2) is 0 Å². The molecule has 1 aromatic rings. The van der Waals surface area contributed by atoms with E-state index in [0.29, 0.717) is 19.6 Å². The van der Waals surface area contributed by atoms with Gasteiger partial charge in [0.1, 0.15) is 0 Å². The lowest BCUT2D eigenvalue weighted by atomic mass is 10.3. The number of halogens is 1. The predicted octanol–water partition coefficient (Wildman–Crippen LogP) is -0.00110. The van der Waals surface area contributed by atoms with E-state index < -0.39 is 20.0 Å². The lowest BCUT2D eigenvalue weighted by Crippen LogP contribution is -2.52. The van der Waals surface area contributed by atoms with Gasteiger partial charge in [0.05, 0.1) is 9.79 Å². The number of rotatable bonds is 4. The van der Waals surface area contributed by atoms with Crippen molar-refractivity contribution < 1.29 is 16.8 Å². The molecule has 0 radical (unpaired) electrons. The van der Waals surface area contributed by atoms with Crippen molar-refractivity contribution in [3.63, 3.8) is 0 Å². The molecule has 1 heterocycles. The Morgan fingerprint density at radius 1 is 1.14 bits per heavy atom. The average molecular weight is 370 g/mol. The highest BCUT2D eigenvalue weighted by Crippen LogP contribution is 2.21. The summed E-state index contributed by atoms with van der Waals surface area (Å²) in [6, 6.07) is 5.12. The fourth-order valence-electron chi connectivity index (χ4n) is 2.22. The Kier molecular flexibility index (Phi) is 6.36. The van der Waals surface area contributed by atoms with Crippen molar-refractivity contribution in [2.45, 2.75) is 22.8 Å². The fourth-order valence-corrected chi connectivity index (χ4v) is 4.58. The first kappa shape index (κ1) is 19.3. The van der Waals surface area contributed by atoms with Crippen LogP contribution in [0.1, 0.15) is 6.92 Å². The summed E-state index contributed by atoms with van der Waals surface area (Å²) < 4.78 is 52.0. The van der Waals surface area contributed by atoms with Gasteiger partial charge in [0.25, 0.3) is 0 Å². The highest BCUT2D eigenvalue weighted by molar-refractivity contribution is 7.89. The molecule has 22 heavy (non-hydrogen) atoms. The van der Waals surface area contributed by atoms with Gasteiger partial charge in [-0.15, -0.1) is 12.4 Å². The summed E-state index contributed by atoms with van der Waals surface area (Å²) >= 11 is 0. The van der Waals surface area contributed by atoms with Gasteiger partial charge in [-0.2, -0.15) is 4.31 Å². The third-order valence-corrected chi connectivity index (χ3v) is 6.91. The van der Waals surface area contributed by atoms with Crippen LogP contribution in [0.4, 0.5) is 0 Å². The normalized spacial score (nSPS) is 20.4. The predicted molar refractivity (Wildman–Crippen MR) is 86.2 cm³/mol. The summed E-state index contributed by atoms with van der Waals surface area (Å²) in [4.78, 5) is 0.142. The van der Waals surface area contributed by atoms with Crippen LogP contribution in [-0.2, 0) is 20.0 Å². The second-order valence-corrected chi connectivity index (χ2v) is 8.62. The first-order chi connectivity index (χ1) is 9.79. The van der Waals surface area contributed by atoms with E-state index in [4.69, 9.17) is 0 Å². The van der Waals surface area contributed by atoms with E-state index >= 15 is 0 Å². The van der Waals surface area contributed by atoms with Crippen molar-refractivity contribution in [1.29, 1.82) is 0 Å². The van der Waals surface area contributed by atoms with Gasteiger partial charge in [-0.1, -0.05) is 0 Å². The van der Waals surface area contributed by atoms with Crippen LogP contribution in [0.2, 0.25) is 0 Å². The molecular weight excluding hydrogens is 350 g/mol. The molecule has 0 saturated carbocycles. The molecule has 0 spiro atoms. The number of nitrogens with zero attached hydrogens (tertiary/aromatic N) is 1. The third kappa shape index (κ3) is 3.79. The Morgan fingerprint density at radius 3 is 2.18 bits per heavy atom. The lowest BCUT2D eigenvalue weighted by Gasteiger charge is -2.32. The maximum Gasteiger partial charge on any atom is 0.243 e. The van der Waals surface area contributed by atoms with Crippen LogP contribution < -0.4 is 10.0 Å². The number of benzene rings is 1. The molecule has 1 fully saturated rings. The van der Waals surface area contributed by atoms with Crippen molar-refractivity contribution in [3.8, 4) is 0 Å². The minimum absolute atomic E-state index is 0. The van der Waals surface area contributed by atoms with E-state index in [1.54, 1.807) is 0 Å². The molecule has 7 nitrogen and oxygen atoms in total. The standard InChI is InChI=1S/C12H19N3O4S2.ClH/c1-10-9-14-7-8-15(10)21(18,19)12-5-3-11(4-6-12)20(16,17)13-2;/h3-6,10,13-14H,7-9H2,1-2H3;1H/t10-;/m1./s1. The zero-order chi connectivity index (χ0) is 15.7. The molecule has 10 heteroatoms. The zero-order valence-corrected chi connectivity index (χ0v) is 14.8. The topological polar surface area (TPSA) is 95.6 Å². The molecule has 0 unspecified atom stereocenters. The van der Waals surface area contributed by atoms with Crippen LogP contribution in [0, 0.1) is 0 Å². The van der Waals surface area contributed by atoms with Crippen molar-refractivity contribution >= 4 is 32.5 Å². The summed E-state index contributed by atoms with van der Waals surface area (Å²) in [6.45, 7) is 3.45. The Morgan fingerprint density at radius 2 is 1.68 bits per heavy atom. The van der Waals surface area contributed by atoms with E-state index in [9.17, 15) is 16.8 Å². The van der Waals surface area contributed by atoms with E-state index in [1.165, 1.54) is 35.6 Å². The van der Waals surface area contributed by atoms with Crippen LogP contribution >= 0.6 is 12.4 Å². The second-order valence-electron chi connectivity index (χ2n) is 4.85. The number of sulfonamides is 2. The van der Waals surface area contributed by atoms with E-state index in [-0.39, 0.29) is 28.2 Å². The molecule has 1 aliphatic rings. The van der Waals surface area contributed by atoms with E-state index in [1.807, 2.05) is 6.92 Å². The van der Waals surface area contributed by atoms with Crippen LogP contribution in [0.5, 0.6) is 0 Å². The first-order valence-electron chi connectivity index (χ1n) is 6.55. The molecule has 0 aliphatic carbocycles. The van der Waals surface area contributed by atoms with Crippen molar-refractivity contribution in [3.05, 3.63) is 24.3 Å². The summed E-state index contributed by atoms with van der Waals surface area (Å²) in [5, 5.41) is 3.13. The van der Waals surface area contributed by atoms with Gasteiger partial charge in [-0.05, 0) is 38.2 Å². The molecule has 1 saturated heterocycles. The molecule has 126 valence electrons. The number of piperazine rings is 1. The molecule has 0 aromatic heterocycles. The fraction of sp³-hybridized carbons (Fsp3) is 0.500. The summed E-state index contributed by atoms with van der Waals surface area (Å²) in [6.07, 6.45) is 0. The summed E-state index contributed by atoms with van der Waals surface area (Å²) in [5.41, 5.74) is 0. The molecule has 1 aliphatic heterocycles. The lowest BCUT2D eigenvalue weighted by molar-refractivity contribution is 0.284. The van der Waals surface area contributed by atoms with Gasteiger partial charge in [0, 0.05) is 25.7 Å². The Bertz CT molecular complexity index is 704. The zero-order valence-electron chi connectivity index (χ0n) is 12.3. The van der Waals surface area contributed by atoms with Crippen LogP contribution in [0.15, 0.2) is 34.1 Å². The smallest absolute Gasteiger partial charge is 0.243 e. The van der Waals surface area contributed by atoms with Crippen LogP contribution in [0.3, 0.4) is 0 Å². The number of nitrogens with one attached hydrogen (secondary N) is 2. The highest BCUT2D eigenvalue weighted by Gasteiger charge is 2.31. The Labute approximate surface area is 137 Å². The van der Waals surface area contributed by atoms with Gasteiger partial charge in [-0.3, -0.25) is 0 Å². The second kappa shape index (κ2) is 7.24. The highest BCUT2D eigenvalue weighted by atomic mass is 35.5. The molecule has 2 rings (SSSR count). The molecule has 2 N–H and O–H groups in total. The first-order valence-corrected chi connectivity index (χ1v) is 9.47. The van der Waals surface area contributed by atoms with Crippen LogP contribution in [-0.4, -0.2) is 53.9 Å². The minimum atomic E-state index is -3.60. The van der Waals surface area contributed by atoms with Gasteiger partial charge in [0.2, 0.25) is 20.0 Å². The summed E-state index contributed by atoms with van der Waals surface area (Å²) in [7, 11) is -5.86. The SMILES string of the molecule is CNS(=O)(=O)c1ccc(S(=O)(=O)N2CCNC[C@H]2C)cc1.Cl. The van der Waals surface area contributed by atoms with Gasteiger partial charge >= 0.3 is 0 Å². The molecule has 1 aromatic carbocycles. The van der Waals surface area contributed by atoms with E-state index in [2.05, 4.69) is 10.0 Å². The molecule has 0 bridgehead atoms. The van der Waals surface area contributed by atoms with Gasteiger partial charge < -0.3 is 5.32 Å². The van der Waals surface area contributed by atoms with E-state index in [0.717, 1.165) is 0 Å². The van der Waals surface area contributed by atoms with Gasteiger partial charge in [-0.25, -0.2) is 21.6 Å².